The molecule has 1 heterocycles. The van der Waals surface area contributed by atoms with Crippen LogP contribution in [-0.2, 0) is 13.1 Å². The molecule has 0 aliphatic rings. The quantitative estimate of drug-likeness (QED) is 0.913. The van der Waals surface area contributed by atoms with Gasteiger partial charge in [0.1, 0.15) is 11.9 Å². The molecule has 0 fully saturated rings. The zero-order valence-corrected chi connectivity index (χ0v) is 10.7. The van der Waals surface area contributed by atoms with Crippen LogP contribution in [0.15, 0.2) is 36.5 Å². The molecule has 0 atom stereocenters. The van der Waals surface area contributed by atoms with Crippen molar-refractivity contribution in [1.82, 2.24) is 10.3 Å². The maximum atomic E-state index is 13.2. The van der Waals surface area contributed by atoms with Crippen molar-refractivity contribution < 1.29 is 4.39 Å². The van der Waals surface area contributed by atoms with Crippen molar-refractivity contribution in [2.75, 3.05) is 0 Å². The summed E-state index contributed by atoms with van der Waals surface area (Å²) >= 11 is 0. The first-order valence-corrected chi connectivity index (χ1v) is 6.00. The summed E-state index contributed by atoms with van der Waals surface area (Å²) in [6, 6.07) is 10.3. The van der Waals surface area contributed by atoms with E-state index in [4.69, 9.17) is 5.26 Å². The van der Waals surface area contributed by atoms with E-state index in [1.807, 2.05) is 25.1 Å². The zero-order chi connectivity index (χ0) is 13.7. The number of halogens is 1. The van der Waals surface area contributed by atoms with E-state index in [0.29, 0.717) is 13.1 Å². The van der Waals surface area contributed by atoms with Gasteiger partial charge in [0.2, 0.25) is 0 Å². The van der Waals surface area contributed by atoms with Gasteiger partial charge in [-0.25, -0.2) is 4.39 Å². The molecular weight excluding hydrogens is 241 g/mol. The van der Waals surface area contributed by atoms with Gasteiger partial charge in [-0.3, -0.25) is 4.98 Å². The minimum Gasteiger partial charge on any atom is -0.307 e. The predicted octanol–water partition coefficient (Wildman–Crippen LogP) is 2.69. The van der Waals surface area contributed by atoms with E-state index in [2.05, 4.69) is 10.3 Å². The Bertz CT molecular complexity index is 617. The molecule has 0 aliphatic heterocycles. The first kappa shape index (κ1) is 13.2. The molecule has 4 heteroatoms. The van der Waals surface area contributed by atoms with Crippen molar-refractivity contribution in [3.63, 3.8) is 0 Å². The average Bonchev–Trinajstić information content (AvgIpc) is 2.43. The lowest BCUT2D eigenvalue weighted by molar-refractivity contribution is 0.620. The molecule has 0 saturated carbocycles. The van der Waals surface area contributed by atoms with Gasteiger partial charge < -0.3 is 5.32 Å². The molecule has 0 spiro atoms. The Kier molecular flexibility index (Phi) is 4.22. The Hall–Kier alpha value is -2.25. The van der Waals surface area contributed by atoms with Gasteiger partial charge in [0, 0.05) is 19.3 Å². The lowest BCUT2D eigenvalue weighted by Gasteiger charge is -2.07. The lowest BCUT2D eigenvalue weighted by Crippen LogP contribution is -2.14. The van der Waals surface area contributed by atoms with Crippen molar-refractivity contribution >= 4 is 0 Å². The van der Waals surface area contributed by atoms with Crippen LogP contribution in [0.5, 0.6) is 0 Å². The van der Waals surface area contributed by atoms with E-state index in [-0.39, 0.29) is 5.56 Å². The molecule has 0 radical (unpaired) electrons. The van der Waals surface area contributed by atoms with Crippen LogP contribution >= 0.6 is 0 Å². The minimum absolute atomic E-state index is 0.0771. The van der Waals surface area contributed by atoms with Crippen LogP contribution in [0.1, 0.15) is 22.4 Å². The average molecular weight is 255 g/mol. The summed E-state index contributed by atoms with van der Waals surface area (Å²) in [6.07, 6.45) is 1.76. The van der Waals surface area contributed by atoms with Crippen LogP contribution in [0.4, 0.5) is 4.39 Å². The topological polar surface area (TPSA) is 48.7 Å². The number of hydrogen-bond donors (Lipinski definition) is 1. The van der Waals surface area contributed by atoms with Crippen LogP contribution in [0.25, 0.3) is 0 Å². The molecule has 0 amide bonds. The van der Waals surface area contributed by atoms with Crippen LogP contribution in [0.3, 0.4) is 0 Å². The van der Waals surface area contributed by atoms with Gasteiger partial charge in [-0.05, 0) is 36.2 Å². The fourth-order valence-electron chi connectivity index (χ4n) is 1.80. The number of nitrogens with zero attached hydrogens (tertiary/aromatic N) is 2. The minimum atomic E-state index is -0.480. The van der Waals surface area contributed by atoms with Gasteiger partial charge in [-0.1, -0.05) is 12.1 Å². The normalized spacial score (nSPS) is 10.2. The van der Waals surface area contributed by atoms with Gasteiger partial charge in [-0.15, -0.1) is 0 Å². The van der Waals surface area contributed by atoms with E-state index >= 15 is 0 Å². The number of rotatable bonds is 4. The van der Waals surface area contributed by atoms with Gasteiger partial charge in [0.05, 0.1) is 11.3 Å². The lowest BCUT2D eigenvalue weighted by atomic mass is 10.1. The Morgan fingerprint density at radius 1 is 1.32 bits per heavy atom. The first-order chi connectivity index (χ1) is 9.20. The molecule has 19 heavy (non-hydrogen) atoms. The number of aryl methyl sites for hydroxylation is 1. The third-order valence-corrected chi connectivity index (χ3v) is 2.89. The van der Waals surface area contributed by atoms with Crippen molar-refractivity contribution in [3.05, 3.63) is 64.7 Å². The van der Waals surface area contributed by atoms with Crippen LogP contribution in [0.2, 0.25) is 0 Å². The zero-order valence-electron chi connectivity index (χ0n) is 10.7. The summed E-state index contributed by atoms with van der Waals surface area (Å²) in [4.78, 5) is 4.28. The fourth-order valence-corrected chi connectivity index (χ4v) is 1.80. The maximum Gasteiger partial charge on any atom is 0.140 e. The second-order valence-corrected chi connectivity index (χ2v) is 4.30. The SMILES string of the molecule is Cc1cccnc1CNCc1ccc(F)c(C#N)c1. The molecule has 2 rings (SSSR count). The second kappa shape index (κ2) is 6.07. The Morgan fingerprint density at radius 2 is 2.16 bits per heavy atom. The molecule has 2 aromatic rings. The first-order valence-electron chi connectivity index (χ1n) is 6.00. The second-order valence-electron chi connectivity index (χ2n) is 4.30. The molecule has 3 nitrogen and oxygen atoms in total. The highest BCUT2D eigenvalue weighted by atomic mass is 19.1. The Balaban J connectivity index is 1.97. The van der Waals surface area contributed by atoms with Gasteiger partial charge >= 0.3 is 0 Å². The summed E-state index contributed by atoms with van der Waals surface area (Å²) in [5.74, 6) is -0.480. The summed E-state index contributed by atoms with van der Waals surface area (Å²) in [5, 5.41) is 12.0. The number of nitriles is 1. The van der Waals surface area contributed by atoms with Crippen molar-refractivity contribution in [2.45, 2.75) is 20.0 Å². The van der Waals surface area contributed by atoms with Crippen LogP contribution in [-0.4, -0.2) is 4.98 Å². The molecule has 0 saturated heterocycles. The number of hydrogen-bond acceptors (Lipinski definition) is 3. The summed E-state index contributed by atoms with van der Waals surface area (Å²) < 4.78 is 13.2. The molecular formula is C15H14FN3. The van der Waals surface area contributed by atoms with E-state index in [1.165, 1.54) is 6.07 Å². The Labute approximate surface area is 111 Å². The number of aromatic nitrogens is 1. The highest BCUT2D eigenvalue weighted by Gasteiger charge is 2.03. The number of benzene rings is 1. The predicted molar refractivity (Wildman–Crippen MR) is 70.6 cm³/mol. The van der Waals surface area contributed by atoms with Crippen LogP contribution in [0, 0.1) is 24.1 Å². The van der Waals surface area contributed by atoms with E-state index in [0.717, 1.165) is 16.8 Å². The van der Waals surface area contributed by atoms with Crippen molar-refractivity contribution in [1.29, 1.82) is 5.26 Å². The molecule has 0 unspecified atom stereocenters. The third-order valence-electron chi connectivity index (χ3n) is 2.89. The molecule has 0 aliphatic carbocycles. The molecule has 1 aromatic heterocycles. The van der Waals surface area contributed by atoms with Crippen molar-refractivity contribution in [2.24, 2.45) is 0 Å². The van der Waals surface area contributed by atoms with Gasteiger partial charge in [-0.2, -0.15) is 5.26 Å². The van der Waals surface area contributed by atoms with Crippen LogP contribution < -0.4 is 5.32 Å². The Morgan fingerprint density at radius 3 is 2.89 bits per heavy atom. The summed E-state index contributed by atoms with van der Waals surface area (Å²) in [5.41, 5.74) is 3.08. The smallest absolute Gasteiger partial charge is 0.140 e. The summed E-state index contributed by atoms with van der Waals surface area (Å²) in [7, 11) is 0. The molecule has 96 valence electrons. The van der Waals surface area contributed by atoms with Gasteiger partial charge in [0.15, 0.2) is 0 Å². The van der Waals surface area contributed by atoms with Crippen molar-refractivity contribution in [3.8, 4) is 6.07 Å². The maximum absolute atomic E-state index is 13.2. The molecule has 1 N–H and O–H groups in total. The van der Waals surface area contributed by atoms with E-state index in [9.17, 15) is 4.39 Å². The largest absolute Gasteiger partial charge is 0.307 e. The number of pyridine rings is 1. The van der Waals surface area contributed by atoms with E-state index in [1.54, 1.807) is 18.3 Å². The molecule has 0 bridgehead atoms. The van der Waals surface area contributed by atoms with E-state index < -0.39 is 5.82 Å². The highest BCUT2D eigenvalue weighted by Crippen LogP contribution is 2.10. The fraction of sp³-hybridized carbons (Fsp3) is 0.200. The standard InChI is InChI=1S/C15H14FN3/c1-11-3-2-6-19-15(11)10-18-9-12-4-5-14(16)13(7-12)8-17/h2-7,18H,9-10H2,1H3. The van der Waals surface area contributed by atoms with Gasteiger partial charge in [0.25, 0.3) is 0 Å². The molecule has 1 aromatic carbocycles. The highest BCUT2D eigenvalue weighted by molar-refractivity contribution is 5.34. The number of nitrogens with one attached hydrogen (secondary N) is 1. The monoisotopic (exact) mass is 255 g/mol. The third kappa shape index (κ3) is 3.36. The summed E-state index contributed by atoms with van der Waals surface area (Å²) in [6.45, 7) is 3.23.